The molecule has 1 N–H and O–H groups in total. The summed E-state index contributed by atoms with van der Waals surface area (Å²) in [5, 5.41) is 8.51. The Morgan fingerprint density at radius 3 is 1.67 bits per heavy atom. The maximum Gasteiger partial charge on any atom is 0.303 e. The maximum atomic E-state index is 10.3. The van der Waals surface area contributed by atoms with Gasteiger partial charge in [-0.2, -0.15) is 0 Å². The van der Waals surface area contributed by atoms with Crippen molar-refractivity contribution in [3.63, 3.8) is 0 Å². The summed E-state index contributed by atoms with van der Waals surface area (Å²) in [7, 11) is 0. The number of allylic oxidation sites excluding steroid dienone is 2. The fraction of sp³-hybridized carbons (Fsp3) is 0.833. The smallest absolute Gasteiger partial charge is 0.303 e. The Balaban J connectivity index is 0. The van der Waals surface area contributed by atoms with E-state index in [9.17, 15) is 4.79 Å². The molecule has 0 heterocycles. The third kappa shape index (κ3) is 22.3. The molecule has 0 aromatic rings. The second-order valence-corrected chi connectivity index (χ2v) is 5.73. The van der Waals surface area contributed by atoms with Crippen LogP contribution >= 0.6 is 0 Å². The minimum atomic E-state index is -0.664. The van der Waals surface area contributed by atoms with Crippen molar-refractivity contribution in [1.29, 1.82) is 0 Å². The molecule has 0 unspecified atom stereocenters. The first kappa shape index (κ1) is 23.1. The molecule has 0 aliphatic rings. The zero-order valence-corrected chi connectivity index (χ0v) is 16.1. The predicted molar refractivity (Wildman–Crippen MR) is 87.1 cm³/mol. The number of carbonyl (C=O) groups is 1. The number of carboxylic acids is 1. The van der Waals surface area contributed by atoms with Crippen LogP contribution in [0, 0.1) is 0 Å². The number of rotatable bonds is 15. The molecule has 0 aromatic carbocycles. The van der Waals surface area contributed by atoms with Gasteiger partial charge in [0, 0.05) is 26.5 Å². The first-order valence-electron chi connectivity index (χ1n) is 8.64. The van der Waals surface area contributed by atoms with Crippen molar-refractivity contribution in [2.75, 3.05) is 0 Å². The summed E-state index contributed by atoms with van der Waals surface area (Å²) in [6.07, 6.45) is 21.2. The standard InChI is InChI=1S/C18H34O2.Ir/c1-2-3-4-5-6-7-8-9-10-11-12-13-14-15-16-17-18(19)20;/h9-10H,2-8,11-17H2,1H3,(H,19,20);. The molecule has 0 aromatic heterocycles. The number of unbranched alkanes of at least 4 members (excludes halogenated alkanes) is 11. The molecule has 0 bridgehead atoms. The Labute approximate surface area is 145 Å². The van der Waals surface area contributed by atoms with Crippen LogP contribution in [0.3, 0.4) is 0 Å². The molecule has 0 aliphatic heterocycles. The van der Waals surface area contributed by atoms with Gasteiger partial charge in [0.2, 0.25) is 0 Å². The van der Waals surface area contributed by atoms with E-state index in [2.05, 4.69) is 19.1 Å². The summed E-state index contributed by atoms with van der Waals surface area (Å²) in [6, 6.07) is 0. The molecule has 0 amide bonds. The zero-order chi connectivity index (χ0) is 14.9. The van der Waals surface area contributed by atoms with Gasteiger partial charge in [-0.25, -0.2) is 0 Å². The monoisotopic (exact) mass is 475 g/mol. The molecule has 21 heavy (non-hydrogen) atoms. The van der Waals surface area contributed by atoms with E-state index in [1.54, 1.807) is 0 Å². The van der Waals surface area contributed by atoms with Crippen LogP contribution in [-0.4, -0.2) is 11.1 Å². The Bertz CT molecular complexity index is 239. The molecule has 0 rings (SSSR count). The third-order valence-electron chi connectivity index (χ3n) is 3.65. The van der Waals surface area contributed by atoms with Gasteiger partial charge >= 0.3 is 5.97 Å². The van der Waals surface area contributed by atoms with E-state index in [1.807, 2.05) is 0 Å². The number of hydrogen-bond acceptors (Lipinski definition) is 1. The molecule has 0 aliphatic carbocycles. The minimum absolute atomic E-state index is 0. The summed E-state index contributed by atoms with van der Waals surface area (Å²) >= 11 is 0. The quantitative estimate of drug-likeness (QED) is 0.230. The van der Waals surface area contributed by atoms with E-state index in [0.717, 1.165) is 12.8 Å². The van der Waals surface area contributed by atoms with E-state index in [1.165, 1.54) is 70.6 Å². The van der Waals surface area contributed by atoms with Crippen LogP contribution in [0.5, 0.6) is 0 Å². The third-order valence-corrected chi connectivity index (χ3v) is 3.65. The summed E-state index contributed by atoms with van der Waals surface area (Å²) in [6.45, 7) is 2.26. The SMILES string of the molecule is CCCCCCCCC=CCCCCCCCC(=O)O.[Ir]. The second-order valence-electron chi connectivity index (χ2n) is 5.73. The van der Waals surface area contributed by atoms with Gasteiger partial charge in [-0.3, -0.25) is 4.79 Å². The number of carboxylic acid groups (broad SMARTS) is 1. The van der Waals surface area contributed by atoms with E-state index in [0.29, 0.717) is 6.42 Å². The summed E-state index contributed by atoms with van der Waals surface area (Å²) in [5.74, 6) is -0.664. The Morgan fingerprint density at radius 1 is 0.762 bits per heavy atom. The summed E-state index contributed by atoms with van der Waals surface area (Å²) < 4.78 is 0. The number of aliphatic carboxylic acids is 1. The van der Waals surface area contributed by atoms with Crippen molar-refractivity contribution >= 4 is 5.97 Å². The average Bonchev–Trinajstić information content (AvgIpc) is 2.43. The Morgan fingerprint density at radius 2 is 1.19 bits per heavy atom. The largest absolute Gasteiger partial charge is 0.481 e. The molecule has 0 saturated heterocycles. The van der Waals surface area contributed by atoms with Crippen molar-refractivity contribution in [1.82, 2.24) is 0 Å². The first-order valence-corrected chi connectivity index (χ1v) is 8.64. The second kappa shape index (κ2) is 19.9. The van der Waals surface area contributed by atoms with Crippen LogP contribution in [0.25, 0.3) is 0 Å². The Kier molecular flexibility index (Phi) is 21.9. The molecule has 0 fully saturated rings. The van der Waals surface area contributed by atoms with Gasteiger partial charge in [0.05, 0.1) is 0 Å². The molecule has 0 spiro atoms. The molecule has 0 saturated carbocycles. The van der Waals surface area contributed by atoms with Crippen LogP contribution < -0.4 is 0 Å². The van der Waals surface area contributed by atoms with E-state index >= 15 is 0 Å². The van der Waals surface area contributed by atoms with Gasteiger partial charge in [-0.15, -0.1) is 0 Å². The van der Waals surface area contributed by atoms with E-state index in [-0.39, 0.29) is 20.1 Å². The molecular weight excluding hydrogens is 440 g/mol. The molecule has 1 radical (unpaired) electrons. The topological polar surface area (TPSA) is 37.3 Å². The minimum Gasteiger partial charge on any atom is -0.481 e. The first-order chi connectivity index (χ1) is 9.77. The average molecular weight is 475 g/mol. The van der Waals surface area contributed by atoms with Crippen LogP contribution in [0.4, 0.5) is 0 Å². The van der Waals surface area contributed by atoms with Crippen molar-refractivity contribution in [2.24, 2.45) is 0 Å². The van der Waals surface area contributed by atoms with Crippen LogP contribution in [-0.2, 0) is 24.9 Å². The molecular formula is C18H34IrO2. The van der Waals surface area contributed by atoms with Crippen LogP contribution in [0.1, 0.15) is 96.8 Å². The van der Waals surface area contributed by atoms with Gasteiger partial charge in [0.25, 0.3) is 0 Å². The Hall–Kier alpha value is -0.141. The van der Waals surface area contributed by atoms with Crippen molar-refractivity contribution in [3.05, 3.63) is 12.2 Å². The fourth-order valence-corrected chi connectivity index (χ4v) is 2.35. The van der Waals surface area contributed by atoms with Crippen molar-refractivity contribution < 1.29 is 30.0 Å². The summed E-state index contributed by atoms with van der Waals surface area (Å²) in [4.78, 5) is 10.3. The van der Waals surface area contributed by atoms with Gasteiger partial charge in [0.15, 0.2) is 0 Å². The fourth-order valence-electron chi connectivity index (χ4n) is 2.35. The summed E-state index contributed by atoms with van der Waals surface area (Å²) in [5.41, 5.74) is 0. The molecule has 3 heteroatoms. The van der Waals surface area contributed by atoms with E-state index in [4.69, 9.17) is 5.11 Å². The maximum absolute atomic E-state index is 10.3. The number of hydrogen-bond donors (Lipinski definition) is 1. The van der Waals surface area contributed by atoms with Crippen molar-refractivity contribution in [3.8, 4) is 0 Å². The van der Waals surface area contributed by atoms with E-state index < -0.39 is 5.97 Å². The van der Waals surface area contributed by atoms with Gasteiger partial charge in [0.1, 0.15) is 0 Å². The van der Waals surface area contributed by atoms with Crippen molar-refractivity contribution in [2.45, 2.75) is 96.8 Å². The van der Waals surface area contributed by atoms with Gasteiger partial charge in [-0.05, 0) is 32.1 Å². The van der Waals surface area contributed by atoms with Gasteiger partial charge in [-0.1, -0.05) is 70.4 Å². The normalized spacial score (nSPS) is 10.7. The molecule has 127 valence electrons. The predicted octanol–water partition coefficient (Wildman–Crippen LogP) is 6.11. The van der Waals surface area contributed by atoms with Crippen LogP contribution in [0.2, 0.25) is 0 Å². The molecule has 2 nitrogen and oxygen atoms in total. The van der Waals surface area contributed by atoms with Crippen LogP contribution in [0.15, 0.2) is 12.2 Å². The van der Waals surface area contributed by atoms with Gasteiger partial charge < -0.3 is 5.11 Å². The molecule has 0 atom stereocenters. The zero-order valence-electron chi connectivity index (χ0n) is 13.7.